The molecule has 3 aliphatic rings. The third-order valence-electron chi connectivity index (χ3n) is 5.76. The summed E-state index contributed by atoms with van der Waals surface area (Å²) in [4.78, 5) is 24.2. The minimum Gasteiger partial charge on any atom is -0.392 e. The number of hydrogen-bond acceptors (Lipinski definition) is 5. The van der Waals surface area contributed by atoms with E-state index >= 15 is 0 Å². The van der Waals surface area contributed by atoms with Crippen LogP contribution in [0, 0.1) is 11.8 Å². The quantitative estimate of drug-likeness (QED) is 0.333. The van der Waals surface area contributed by atoms with Crippen molar-refractivity contribution in [3.05, 3.63) is 12.2 Å². The third-order valence-corrected chi connectivity index (χ3v) is 11.8. The summed E-state index contributed by atoms with van der Waals surface area (Å²) >= 11 is 0. The molecular formula is C17H26O5Si. The van der Waals surface area contributed by atoms with Gasteiger partial charge in [-0.05, 0) is 22.7 Å². The van der Waals surface area contributed by atoms with Crippen LogP contribution in [0.2, 0.25) is 16.6 Å². The fourth-order valence-electron chi connectivity index (χ4n) is 4.89. The van der Waals surface area contributed by atoms with E-state index in [4.69, 9.17) is 13.9 Å². The van der Waals surface area contributed by atoms with Crippen molar-refractivity contribution in [3.8, 4) is 0 Å². The first kappa shape index (κ1) is 16.9. The number of carbonyl (C=O) groups is 2. The summed E-state index contributed by atoms with van der Waals surface area (Å²) < 4.78 is 17.7. The average molecular weight is 338 g/mol. The smallest absolute Gasteiger partial charge is 0.323 e. The fourth-order valence-corrected chi connectivity index (χ4v) is 10.4. The topological polar surface area (TPSA) is 61.8 Å². The van der Waals surface area contributed by atoms with Crippen LogP contribution in [-0.2, 0) is 23.5 Å². The van der Waals surface area contributed by atoms with E-state index in [1.54, 1.807) is 0 Å². The molecule has 2 saturated heterocycles. The van der Waals surface area contributed by atoms with Crippen LogP contribution in [0.1, 0.15) is 41.5 Å². The average Bonchev–Trinajstić information content (AvgIpc) is 3.07. The van der Waals surface area contributed by atoms with Crippen molar-refractivity contribution in [2.45, 2.75) is 70.1 Å². The Balaban J connectivity index is 2.02. The molecule has 0 aromatic carbocycles. The van der Waals surface area contributed by atoms with E-state index in [0.29, 0.717) is 16.6 Å². The van der Waals surface area contributed by atoms with Crippen molar-refractivity contribution in [1.29, 1.82) is 0 Å². The van der Waals surface area contributed by atoms with Gasteiger partial charge >= 0.3 is 11.9 Å². The van der Waals surface area contributed by atoms with Gasteiger partial charge < -0.3 is 13.9 Å². The number of rotatable bonds is 5. The second-order valence-corrected chi connectivity index (χ2v) is 13.2. The summed E-state index contributed by atoms with van der Waals surface area (Å²) in [7, 11) is -2.27. The molecule has 23 heavy (non-hydrogen) atoms. The number of cyclic esters (lactones) is 2. The van der Waals surface area contributed by atoms with Gasteiger partial charge in [0.25, 0.3) is 0 Å². The lowest BCUT2D eigenvalue weighted by molar-refractivity contribution is -0.175. The maximum atomic E-state index is 12.2. The summed E-state index contributed by atoms with van der Waals surface area (Å²) in [5.41, 5.74) is 1.08. The van der Waals surface area contributed by atoms with Gasteiger partial charge in [0.1, 0.15) is 11.8 Å². The van der Waals surface area contributed by atoms with Gasteiger partial charge in [-0.1, -0.05) is 47.6 Å². The molecule has 4 atom stereocenters. The molecule has 3 heterocycles. The number of ether oxygens (including phenoxy) is 2. The third kappa shape index (κ3) is 2.11. The summed E-state index contributed by atoms with van der Waals surface area (Å²) in [6, 6.07) is 0. The molecule has 3 rings (SSSR count). The predicted molar refractivity (Wildman–Crippen MR) is 87.0 cm³/mol. The molecule has 0 aliphatic carbocycles. The van der Waals surface area contributed by atoms with Crippen LogP contribution in [0.15, 0.2) is 12.2 Å². The van der Waals surface area contributed by atoms with Gasteiger partial charge in [-0.25, -0.2) is 0 Å². The largest absolute Gasteiger partial charge is 0.392 e. The van der Waals surface area contributed by atoms with Crippen LogP contribution in [0.3, 0.4) is 0 Å². The molecule has 0 spiro atoms. The number of carbonyl (C=O) groups excluding carboxylic acids is 2. The van der Waals surface area contributed by atoms with Gasteiger partial charge in [0.15, 0.2) is 5.79 Å². The molecule has 0 aromatic heterocycles. The van der Waals surface area contributed by atoms with Crippen molar-refractivity contribution in [1.82, 2.24) is 0 Å². The minimum absolute atomic E-state index is 0.361. The van der Waals surface area contributed by atoms with E-state index in [1.807, 2.05) is 12.2 Å². The van der Waals surface area contributed by atoms with Gasteiger partial charge in [-0.3, -0.25) is 9.59 Å². The van der Waals surface area contributed by atoms with Crippen molar-refractivity contribution >= 4 is 20.3 Å². The molecule has 0 aromatic rings. The molecule has 0 amide bonds. The highest BCUT2D eigenvalue weighted by molar-refractivity contribution is 6.77. The molecule has 128 valence electrons. The summed E-state index contributed by atoms with van der Waals surface area (Å²) in [6.07, 6.45) is 3.28. The molecule has 3 aliphatic heterocycles. The van der Waals surface area contributed by atoms with Crippen LogP contribution in [0.5, 0.6) is 0 Å². The minimum atomic E-state index is -2.27. The first-order valence-corrected chi connectivity index (χ1v) is 10.6. The molecule has 2 fully saturated rings. The SMILES string of the molecule is CC(C)[Si](O[C@@]12C=C[C@@H](O1)[C@H]1C(=O)OC(=O)[C@H]12)(C(C)C)C(C)C. The molecule has 5 nitrogen and oxygen atoms in total. The zero-order valence-electron chi connectivity index (χ0n) is 14.7. The van der Waals surface area contributed by atoms with Gasteiger partial charge in [-0.15, -0.1) is 0 Å². The lowest BCUT2D eigenvalue weighted by Crippen LogP contribution is -2.56. The number of fused-ring (bicyclic) bond motifs is 5. The fraction of sp³-hybridized carbons (Fsp3) is 0.765. The van der Waals surface area contributed by atoms with Crippen molar-refractivity contribution in [2.24, 2.45) is 11.8 Å². The highest BCUT2D eigenvalue weighted by Crippen LogP contribution is 2.56. The predicted octanol–water partition coefficient (Wildman–Crippen LogP) is 3.16. The summed E-state index contributed by atoms with van der Waals surface area (Å²) in [5, 5.41) is 0. The second-order valence-electron chi connectivity index (χ2n) is 7.83. The first-order valence-electron chi connectivity index (χ1n) is 8.48. The van der Waals surface area contributed by atoms with E-state index in [1.165, 1.54) is 0 Å². The molecule has 0 radical (unpaired) electrons. The van der Waals surface area contributed by atoms with E-state index in [-0.39, 0.29) is 0 Å². The first-order chi connectivity index (χ1) is 10.7. The Hall–Kier alpha value is -0.983. The molecule has 0 saturated carbocycles. The van der Waals surface area contributed by atoms with Crippen LogP contribution in [0.25, 0.3) is 0 Å². The summed E-state index contributed by atoms with van der Waals surface area (Å²) in [6.45, 7) is 13.1. The van der Waals surface area contributed by atoms with Crippen LogP contribution in [0.4, 0.5) is 0 Å². The Bertz CT molecular complexity index is 546. The van der Waals surface area contributed by atoms with E-state index in [2.05, 4.69) is 41.5 Å². The van der Waals surface area contributed by atoms with Gasteiger partial charge in [0.2, 0.25) is 8.32 Å². The molecular weight excluding hydrogens is 312 g/mol. The normalized spacial score (nSPS) is 35.8. The zero-order valence-corrected chi connectivity index (χ0v) is 15.7. The van der Waals surface area contributed by atoms with Gasteiger partial charge in [0.05, 0.1) is 6.10 Å². The lowest BCUT2D eigenvalue weighted by Gasteiger charge is -2.47. The Morgan fingerprint density at radius 3 is 2.13 bits per heavy atom. The monoisotopic (exact) mass is 338 g/mol. The highest BCUT2D eigenvalue weighted by atomic mass is 28.4. The Morgan fingerprint density at radius 2 is 1.61 bits per heavy atom. The molecule has 0 unspecified atom stereocenters. The highest BCUT2D eigenvalue weighted by Gasteiger charge is 2.70. The zero-order chi connectivity index (χ0) is 17.2. The second kappa shape index (κ2) is 5.26. The maximum Gasteiger partial charge on any atom is 0.323 e. The van der Waals surface area contributed by atoms with Gasteiger partial charge in [0, 0.05) is 0 Å². The van der Waals surface area contributed by atoms with Gasteiger partial charge in [-0.2, -0.15) is 0 Å². The van der Waals surface area contributed by atoms with Crippen LogP contribution >= 0.6 is 0 Å². The number of esters is 2. The Kier molecular flexibility index (Phi) is 3.85. The summed E-state index contributed by atoms with van der Waals surface area (Å²) in [5.74, 6) is -3.32. The number of hydrogen-bond donors (Lipinski definition) is 0. The van der Waals surface area contributed by atoms with Crippen molar-refractivity contribution in [3.63, 3.8) is 0 Å². The van der Waals surface area contributed by atoms with E-state index in [0.717, 1.165) is 0 Å². The molecule has 6 heteroatoms. The van der Waals surface area contributed by atoms with Crippen molar-refractivity contribution in [2.75, 3.05) is 0 Å². The standard InChI is InChI=1S/C17H26O5Si/c1-9(2)23(10(3)4,11(5)6)22-17-8-7-12(21-17)13-14(17)16(19)20-15(13)18/h7-14H,1-6H3/t12-,13-,14+,17-/m1/s1. The van der Waals surface area contributed by atoms with E-state index < -0.39 is 44.0 Å². The van der Waals surface area contributed by atoms with Crippen molar-refractivity contribution < 1.29 is 23.5 Å². The Morgan fingerprint density at radius 1 is 1.04 bits per heavy atom. The van der Waals surface area contributed by atoms with Crippen LogP contribution in [-0.4, -0.2) is 32.1 Å². The van der Waals surface area contributed by atoms with E-state index in [9.17, 15) is 9.59 Å². The Labute approximate surface area is 138 Å². The molecule has 0 N–H and O–H groups in total. The maximum absolute atomic E-state index is 12.2. The molecule has 2 bridgehead atoms. The lowest BCUT2D eigenvalue weighted by atomic mass is 9.83. The van der Waals surface area contributed by atoms with Crippen LogP contribution < -0.4 is 0 Å².